The van der Waals surface area contributed by atoms with E-state index in [0.29, 0.717) is 49.8 Å². The van der Waals surface area contributed by atoms with Crippen LogP contribution in [0.15, 0.2) is 53.5 Å². The number of amides is 1. The number of morpholine rings is 1. The predicted octanol–water partition coefficient (Wildman–Crippen LogP) is 2.09. The van der Waals surface area contributed by atoms with Crippen molar-refractivity contribution in [1.82, 2.24) is 14.3 Å². The van der Waals surface area contributed by atoms with Crippen LogP contribution in [0.5, 0.6) is 0 Å². The highest BCUT2D eigenvalue weighted by molar-refractivity contribution is 5.94. The third kappa shape index (κ3) is 3.75. The van der Waals surface area contributed by atoms with Gasteiger partial charge >= 0.3 is 0 Å². The minimum absolute atomic E-state index is 0.0227. The summed E-state index contributed by atoms with van der Waals surface area (Å²) in [5.41, 5.74) is 3.71. The molecule has 0 atom stereocenters. The molecule has 1 aliphatic heterocycles. The van der Waals surface area contributed by atoms with Gasteiger partial charge in [0.2, 0.25) is 0 Å². The molecule has 0 radical (unpaired) electrons. The van der Waals surface area contributed by atoms with Crippen molar-refractivity contribution in [3.63, 3.8) is 0 Å². The number of hydrogen-bond donors (Lipinski definition) is 1. The molecule has 1 aliphatic rings. The van der Waals surface area contributed by atoms with Crippen molar-refractivity contribution < 1.29 is 9.53 Å². The van der Waals surface area contributed by atoms with E-state index in [4.69, 9.17) is 4.74 Å². The van der Waals surface area contributed by atoms with Gasteiger partial charge in [-0.15, -0.1) is 0 Å². The van der Waals surface area contributed by atoms with Crippen molar-refractivity contribution in [3.8, 4) is 0 Å². The summed E-state index contributed by atoms with van der Waals surface area (Å²) in [6.07, 6.45) is 1.72. The molecule has 4 rings (SSSR count). The van der Waals surface area contributed by atoms with E-state index in [1.807, 2.05) is 43.3 Å². The molecule has 1 amide bonds. The van der Waals surface area contributed by atoms with Crippen LogP contribution in [-0.4, -0.2) is 46.5 Å². The number of nitrogens with zero attached hydrogens (tertiary/aromatic N) is 3. The van der Waals surface area contributed by atoms with Crippen molar-refractivity contribution in [3.05, 3.63) is 75.8 Å². The molecule has 0 saturated carbocycles. The minimum Gasteiger partial charge on any atom is -0.379 e. The molecular formula is C21H22N4O3. The van der Waals surface area contributed by atoms with Gasteiger partial charge in [0.05, 0.1) is 25.5 Å². The zero-order chi connectivity index (χ0) is 19.5. The number of aromatic nitrogens is 2. The van der Waals surface area contributed by atoms with E-state index in [-0.39, 0.29) is 11.5 Å². The summed E-state index contributed by atoms with van der Waals surface area (Å²) in [6, 6.07) is 12.7. The van der Waals surface area contributed by atoms with Gasteiger partial charge in [0, 0.05) is 36.6 Å². The number of ether oxygens (including phenoxy) is 1. The second kappa shape index (κ2) is 7.82. The first kappa shape index (κ1) is 18.2. The van der Waals surface area contributed by atoms with Gasteiger partial charge in [0.1, 0.15) is 5.65 Å². The van der Waals surface area contributed by atoms with E-state index in [2.05, 4.69) is 10.3 Å². The highest BCUT2D eigenvalue weighted by atomic mass is 16.5. The lowest BCUT2D eigenvalue weighted by Crippen LogP contribution is -2.40. The quantitative estimate of drug-likeness (QED) is 0.752. The van der Waals surface area contributed by atoms with Crippen molar-refractivity contribution in [2.75, 3.05) is 31.6 Å². The standard InChI is InChI=1S/C21H22N4O3/c1-15-3-2-8-25-19(26)13-18(23-20(15)25)14-22-17-6-4-16(5-7-17)21(27)24-9-11-28-12-10-24/h2-8,13,22H,9-12,14H2,1H3. The van der Waals surface area contributed by atoms with Crippen molar-refractivity contribution in [2.24, 2.45) is 0 Å². The number of aryl methyl sites for hydroxylation is 1. The fourth-order valence-corrected chi connectivity index (χ4v) is 3.27. The smallest absolute Gasteiger partial charge is 0.258 e. The van der Waals surface area contributed by atoms with Gasteiger partial charge in [-0.2, -0.15) is 0 Å². The summed E-state index contributed by atoms with van der Waals surface area (Å²) in [5.74, 6) is 0.0227. The summed E-state index contributed by atoms with van der Waals surface area (Å²) in [4.78, 5) is 31.2. The Hall–Kier alpha value is -3.19. The number of nitrogens with one attached hydrogen (secondary N) is 1. The van der Waals surface area contributed by atoms with Crippen LogP contribution in [0.25, 0.3) is 5.65 Å². The van der Waals surface area contributed by atoms with E-state index >= 15 is 0 Å². The molecule has 1 saturated heterocycles. The molecule has 0 spiro atoms. The molecule has 1 N–H and O–H groups in total. The number of pyridine rings is 1. The maximum atomic E-state index is 12.5. The van der Waals surface area contributed by atoms with Gasteiger partial charge in [-0.05, 0) is 42.8 Å². The third-order valence-corrected chi connectivity index (χ3v) is 4.84. The largest absolute Gasteiger partial charge is 0.379 e. The van der Waals surface area contributed by atoms with Gasteiger partial charge in [0.15, 0.2) is 0 Å². The second-order valence-electron chi connectivity index (χ2n) is 6.81. The molecule has 2 aromatic heterocycles. The lowest BCUT2D eigenvalue weighted by molar-refractivity contribution is 0.0303. The van der Waals surface area contributed by atoms with Gasteiger partial charge < -0.3 is 15.0 Å². The topological polar surface area (TPSA) is 75.9 Å². The SMILES string of the molecule is Cc1cccn2c(=O)cc(CNc3ccc(C(=O)N4CCOCC4)cc3)nc12. The van der Waals surface area contributed by atoms with E-state index in [9.17, 15) is 9.59 Å². The number of carbonyl (C=O) groups is 1. The fraction of sp³-hybridized carbons (Fsp3) is 0.286. The van der Waals surface area contributed by atoms with E-state index < -0.39 is 0 Å². The highest BCUT2D eigenvalue weighted by Gasteiger charge is 2.18. The Kier molecular flexibility index (Phi) is 5.08. The number of benzene rings is 1. The van der Waals surface area contributed by atoms with Gasteiger partial charge in [-0.25, -0.2) is 4.98 Å². The third-order valence-electron chi connectivity index (χ3n) is 4.84. The molecule has 28 heavy (non-hydrogen) atoms. The van der Waals surface area contributed by atoms with Crippen molar-refractivity contribution >= 4 is 17.2 Å². The van der Waals surface area contributed by atoms with Crippen LogP contribution in [0.2, 0.25) is 0 Å². The van der Waals surface area contributed by atoms with Crippen LogP contribution >= 0.6 is 0 Å². The fourth-order valence-electron chi connectivity index (χ4n) is 3.27. The monoisotopic (exact) mass is 378 g/mol. The van der Waals surface area contributed by atoms with Crippen LogP contribution in [0, 0.1) is 6.92 Å². The van der Waals surface area contributed by atoms with Crippen LogP contribution in [0.1, 0.15) is 21.6 Å². The lowest BCUT2D eigenvalue weighted by atomic mass is 10.1. The second-order valence-corrected chi connectivity index (χ2v) is 6.81. The Morgan fingerprint density at radius 2 is 1.93 bits per heavy atom. The van der Waals surface area contributed by atoms with Crippen LogP contribution in [0.3, 0.4) is 0 Å². The maximum absolute atomic E-state index is 12.5. The minimum atomic E-state index is -0.100. The molecule has 3 aromatic rings. The molecule has 144 valence electrons. The van der Waals surface area contributed by atoms with E-state index in [0.717, 1.165) is 11.3 Å². The van der Waals surface area contributed by atoms with Crippen LogP contribution in [-0.2, 0) is 11.3 Å². The number of anilines is 1. The molecular weight excluding hydrogens is 356 g/mol. The Morgan fingerprint density at radius 3 is 2.68 bits per heavy atom. The molecule has 7 heteroatoms. The highest BCUT2D eigenvalue weighted by Crippen LogP contribution is 2.14. The molecule has 0 aliphatic carbocycles. The summed E-state index contributed by atoms with van der Waals surface area (Å²) < 4.78 is 6.83. The number of rotatable bonds is 4. The predicted molar refractivity (Wildman–Crippen MR) is 107 cm³/mol. The maximum Gasteiger partial charge on any atom is 0.258 e. The Morgan fingerprint density at radius 1 is 1.18 bits per heavy atom. The van der Waals surface area contributed by atoms with Crippen LogP contribution < -0.4 is 10.9 Å². The summed E-state index contributed by atoms with van der Waals surface area (Å²) in [5, 5.41) is 3.26. The Bertz CT molecular complexity index is 1050. The first-order valence-corrected chi connectivity index (χ1v) is 9.31. The van der Waals surface area contributed by atoms with Crippen molar-refractivity contribution in [2.45, 2.75) is 13.5 Å². The molecule has 0 unspecified atom stereocenters. The molecule has 3 heterocycles. The Labute approximate surface area is 162 Å². The molecule has 1 fully saturated rings. The molecule has 1 aromatic carbocycles. The van der Waals surface area contributed by atoms with E-state index in [1.165, 1.54) is 6.07 Å². The average Bonchev–Trinajstić information content (AvgIpc) is 2.73. The first-order chi connectivity index (χ1) is 13.6. The lowest BCUT2D eigenvalue weighted by Gasteiger charge is -2.26. The van der Waals surface area contributed by atoms with Gasteiger partial charge in [-0.3, -0.25) is 14.0 Å². The number of hydrogen-bond acceptors (Lipinski definition) is 5. The summed E-state index contributed by atoms with van der Waals surface area (Å²) in [7, 11) is 0. The normalized spacial score (nSPS) is 14.2. The number of fused-ring (bicyclic) bond motifs is 1. The first-order valence-electron chi connectivity index (χ1n) is 9.31. The average molecular weight is 378 g/mol. The van der Waals surface area contributed by atoms with Gasteiger partial charge in [-0.1, -0.05) is 6.07 Å². The van der Waals surface area contributed by atoms with E-state index in [1.54, 1.807) is 15.5 Å². The number of carbonyl (C=O) groups excluding carboxylic acids is 1. The summed E-state index contributed by atoms with van der Waals surface area (Å²) in [6.45, 7) is 4.79. The summed E-state index contributed by atoms with van der Waals surface area (Å²) >= 11 is 0. The molecule has 7 nitrogen and oxygen atoms in total. The Balaban J connectivity index is 1.45. The van der Waals surface area contributed by atoms with Crippen LogP contribution in [0.4, 0.5) is 5.69 Å². The van der Waals surface area contributed by atoms with Gasteiger partial charge in [0.25, 0.3) is 11.5 Å². The zero-order valence-corrected chi connectivity index (χ0v) is 15.7. The zero-order valence-electron chi connectivity index (χ0n) is 15.7. The molecule has 0 bridgehead atoms. The van der Waals surface area contributed by atoms with Crippen molar-refractivity contribution in [1.29, 1.82) is 0 Å².